The van der Waals surface area contributed by atoms with Gasteiger partial charge in [0.1, 0.15) is 11.6 Å². The number of hydrogen-bond acceptors (Lipinski definition) is 3. The lowest BCUT2D eigenvalue weighted by atomic mass is 10.1. The first-order valence-electron chi connectivity index (χ1n) is 9.59. The smallest absolute Gasteiger partial charge is 0.257 e. The molecule has 0 atom stereocenters. The Hall–Kier alpha value is -3.67. The van der Waals surface area contributed by atoms with E-state index in [1.807, 2.05) is 37.3 Å². The molecule has 0 bridgehead atoms. The van der Waals surface area contributed by atoms with E-state index in [-0.39, 0.29) is 11.7 Å². The first-order valence-corrected chi connectivity index (χ1v) is 9.59. The van der Waals surface area contributed by atoms with Gasteiger partial charge in [0.15, 0.2) is 0 Å². The third-order valence-corrected chi connectivity index (χ3v) is 5.19. The first kappa shape index (κ1) is 19.6. The minimum Gasteiger partial charge on any atom is -0.497 e. The number of amides is 1. The van der Waals surface area contributed by atoms with Crippen molar-refractivity contribution >= 4 is 16.7 Å². The van der Waals surface area contributed by atoms with Gasteiger partial charge in [0, 0.05) is 13.6 Å². The van der Waals surface area contributed by atoms with E-state index < -0.39 is 0 Å². The van der Waals surface area contributed by atoms with Crippen LogP contribution in [-0.2, 0) is 6.54 Å². The summed E-state index contributed by atoms with van der Waals surface area (Å²) in [5, 5.41) is 6.50. The topological polar surface area (TPSA) is 47.4 Å². The minimum atomic E-state index is -0.312. The lowest BCUT2D eigenvalue weighted by Gasteiger charge is -2.17. The molecule has 0 saturated heterocycles. The fourth-order valence-corrected chi connectivity index (χ4v) is 3.51. The summed E-state index contributed by atoms with van der Waals surface area (Å²) in [7, 11) is 3.42. The summed E-state index contributed by atoms with van der Waals surface area (Å²) in [6.45, 7) is 2.31. The number of carbonyl (C=O) groups excluding carboxylic acids is 1. The van der Waals surface area contributed by atoms with E-state index in [1.165, 1.54) is 12.1 Å². The van der Waals surface area contributed by atoms with Gasteiger partial charge in [0.25, 0.3) is 5.91 Å². The van der Waals surface area contributed by atoms with Crippen molar-refractivity contribution in [2.75, 3.05) is 14.2 Å². The summed E-state index contributed by atoms with van der Waals surface area (Å²) in [6, 6.07) is 18.1. The Kier molecular flexibility index (Phi) is 5.23. The molecule has 5 nitrogen and oxygen atoms in total. The Labute approximate surface area is 174 Å². The molecule has 0 fully saturated rings. The average Bonchev–Trinajstić information content (AvgIpc) is 3.14. The van der Waals surface area contributed by atoms with E-state index in [4.69, 9.17) is 4.74 Å². The lowest BCUT2D eigenvalue weighted by molar-refractivity contribution is 0.0784. The molecule has 6 heteroatoms. The Morgan fingerprint density at radius 3 is 2.50 bits per heavy atom. The number of hydrogen-bond donors (Lipinski definition) is 0. The average molecular weight is 403 g/mol. The second-order valence-corrected chi connectivity index (χ2v) is 7.24. The zero-order valence-electron chi connectivity index (χ0n) is 17.1. The molecular formula is C24H22FN3O2. The zero-order valence-corrected chi connectivity index (χ0v) is 17.1. The highest BCUT2D eigenvalue weighted by Gasteiger charge is 2.19. The number of benzene rings is 3. The van der Waals surface area contributed by atoms with Crippen molar-refractivity contribution in [1.82, 2.24) is 14.7 Å². The third kappa shape index (κ3) is 3.76. The van der Waals surface area contributed by atoms with E-state index in [2.05, 4.69) is 11.2 Å². The van der Waals surface area contributed by atoms with E-state index in [0.29, 0.717) is 23.5 Å². The molecule has 152 valence electrons. The molecule has 3 aromatic carbocycles. The van der Waals surface area contributed by atoms with Crippen molar-refractivity contribution in [3.05, 3.63) is 89.5 Å². The molecule has 0 unspecified atom stereocenters. The molecule has 0 spiro atoms. The number of aromatic nitrogens is 2. The van der Waals surface area contributed by atoms with Crippen LogP contribution in [0.1, 0.15) is 21.6 Å². The highest BCUT2D eigenvalue weighted by atomic mass is 19.1. The molecule has 1 heterocycles. The number of halogens is 1. The number of nitrogens with zero attached hydrogens (tertiary/aromatic N) is 3. The van der Waals surface area contributed by atoms with Gasteiger partial charge in [-0.3, -0.25) is 4.79 Å². The molecule has 0 saturated carbocycles. The van der Waals surface area contributed by atoms with Crippen molar-refractivity contribution in [3.63, 3.8) is 0 Å². The molecule has 1 amide bonds. The maximum Gasteiger partial charge on any atom is 0.257 e. The number of fused-ring (bicyclic) bond motifs is 1. The quantitative estimate of drug-likeness (QED) is 0.483. The van der Waals surface area contributed by atoms with Crippen LogP contribution in [0.3, 0.4) is 0 Å². The maximum atomic E-state index is 13.2. The molecule has 0 aliphatic heterocycles. The Bertz CT molecular complexity index is 1220. The summed E-state index contributed by atoms with van der Waals surface area (Å²) < 4.78 is 20.1. The Balaban J connectivity index is 1.54. The van der Waals surface area contributed by atoms with Crippen molar-refractivity contribution in [2.24, 2.45) is 0 Å². The molecule has 0 radical (unpaired) electrons. The SMILES string of the molecule is COc1ccc2cc(CN(C)C(=O)c3cnn(-c4ccc(F)cc4)c3C)ccc2c1. The van der Waals surface area contributed by atoms with Crippen LogP contribution in [0.25, 0.3) is 16.5 Å². The molecule has 0 N–H and O–H groups in total. The molecule has 4 aromatic rings. The van der Waals surface area contributed by atoms with Crippen molar-refractivity contribution in [2.45, 2.75) is 13.5 Å². The van der Waals surface area contributed by atoms with Crippen LogP contribution < -0.4 is 4.74 Å². The zero-order chi connectivity index (χ0) is 21.3. The van der Waals surface area contributed by atoms with Crippen LogP contribution in [0.2, 0.25) is 0 Å². The fraction of sp³-hybridized carbons (Fsp3) is 0.167. The van der Waals surface area contributed by atoms with Gasteiger partial charge in [-0.2, -0.15) is 5.10 Å². The normalized spacial score (nSPS) is 10.9. The van der Waals surface area contributed by atoms with Crippen LogP contribution in [0.5, 0.6) is 5.75 Å². The van der Waals surface area contributed by atoms with E-state index in [1.54, 1.807) is 42.1 Å². The molecule has 0 aliphatic rings. The van der Waals surface area contributed by atoms with Gasteiger partial charge in [-0.05, 0) is 65.7 Å². The number of methoxy groups -OCH3 is 1. The predicted molar refractivity (Wildman–Crippen MR) is 115 cm³/mol. The highest BCUT2D eigenvalue weighted by molar-refractivity contribution is 5.95. The van der Waals surface area contributed by atoms with Crippen LogP contribution in [0, 0.1) is 12.7 Å². The van der Waals surface area contributed by atoms with E-state index in [9.17, 15) is 9.18 Å². The largest absolute Gasteiger partial charge is 0.497 e. The molecule has 1 aromatic heterocycles. The predicted octanol–water partition coefficient (Wildman–Crippen LogP) is 4.75. The number of ether oxygens (including phenoxy) is 1. The van der Waals surface area contributed by atoms with Crippen molar-refractivity contribution in [3.8, 4) is 11.4 Å². The maximum absolute atomic E-state index is 13.2. The standard InChI is InChI=1S/C24H22FN3O2/c1-16-23(14-26-28(16)21-9-7-20(25)8-10-21)24(29)27(2)15-17-4-5-19-13-22(30-3)11-6-18(19)12-17/h4-14H,15H2,1-3H3. The monoisotopic (exact) mass is 403 g/mol. The summed E-state index contributed by atoms with van der Waals surface area (Å²) in [6.07, 6.45) is 1.56. The molecule has 0 aliphatic carbocycles. The van der Waals surface area contributed by atoms with Crippen LogP contribution in [0.15, 0.2) is 66.9 Å². The second-order valence-electron chi connectivity index (χ2n) is 7.24. The molecule has 30 heavy (non-hydrogen) atoms. The first-order chi connectivity index (χ1) is 14.5. The van der Waals surface area contributed by atoms with Crippen LogP contribution in [0.4, 0.5) is 4.39 Å². The van der Waals surface area contributed by atoms with Gasteiger partial charge in [0.2, 0.25) is 0 Å². The third-order valence-electron chi connectivity index (χ3n) is 5.19. The Morgan fingerprint density at radius 2 is 1.77 bits per heavy atom. The lowest BCUT2D eigenvalue weighted by Crippen LogP contribution is -2.26. The van der Waals surface area contributed by atoms with E-state index in [0.717, 1.165) is 22.1 Å². The van der Waals surface area contributed by atoms with Gasteiger partial charge in [-0.25, -0.2) is 9.07 Å². The summed E-state index contributed by atoms with van der Waals surface area (Å²) in [5.74, 6) is 0.389. The van der Waals surface area contributed by atoms with Gasteiger partial charge >= 0.3 is 0 Å². The second kappa shape index (κ2) is 7.99. The fourth-order valence-electron chi connectivity index (χ4n) is 3.51. The highest BCUT2D eigenvalue weighted by Crippen LogP contribution is 2.23. The van der Waals surface area contributed by atoms with Gasteiger partial charge < -0.3 is 9.64 Å². The van der Waals surface area contributed by atoms with Crippen molar-refractivity contribution < 1.29 is 13.9 Å². The van der Waals surface area contributed by atoms with Crippen LogP contribution >= 0.6 is 0 Å². The van der Waals surface area contributed by atoms with Gasteiger partial charge in [0.05, 0.1) is 30.3 Å². The van der Waals surface area contributed by atoms with E-state index >= 15 is 0 Å². The number of carbonyl (C=O) groups is 1. The summed E-state index contributed by atoms with van der Waals surface area (Å²) in [4.78, 5) is 14.7. The molecular weight excluding hydrogens is 381 g/mol. The van der Waals surface area contributed by atoms with Gasteiger partial charge in [-0.1, -0.05) is 18.2 Å². The van der Waals surface area contributed by atoms with Crippen LogP contribution in [-0.4, -0.2) is 34.7 Å². The van der Waals surface area contributed by atoms with Crippen molar-refractivity contribution in [1.29, 1.82) is 0 Å². The molecule has 4 rings (SSSR count). The summed E-state index contributed by atoms with van der Waals surface area (Å²) >= 11 is 0. The summed E-state index contributed by atoms with van der Waals surface area (Å²) in [5.41, 5.74) is 2.98. The minimum absolute atomic E-state index is 0.115. The van der Waals surface area contributed by atoms with Gasteiger partial charge in [-0.15, -0.1) is 0 Å². The Morgan fingerprint density at radius 1 is 1.07 bits per heavy atom. The number of rotatable bonds is 5.